The van der Waals surface area contributed by atoms with E-state index in [0.717, 1.165) is 63.4 Å². The normalized spacial score (nSPS) is 36.0. The highest BCUT2D eigenvalue weighted by atomic mass is 16.5. The van der Waals surface area contributed by atoms with Crippen LogP contribution < -0.4 is 0 Å². The van der Waals surface area contributed by atoms with Crippen LogP contribution in [0.25, 0.3) is 0 Å². The van der Waals surface area contributed by atoms with Crippen molar-refractivity contribution >= 4 is 0 Å². The molecule has 0 unspecified atom stereocenters. The van der Waals surface area contributed by atoms with Crippen molar-refractivity contribution in [2.45, 2.75) is 44.2 Å². The zero-order valence-electron chi connectivity index (χ0n) is 13.2. The fourth-order valence-corrected chi connectivity index (χ4v) is 4.18. The minimum absolute atomic E-state index is 0.725. The summed E-state index contributed by atoms with van der Waals surface area (Å²) in [6.07, 6.45) is 7.03. The van der Waals surface area contributed by atoms with E-state index in [4.69, 9.17) is 9.47 Å². The van der Waals surface area contributed by atoms with Gasteiger partial charge in [-0.15, -0.1) is 0 Å². The van der Waals surface area contributed by atoms with Gasteiger partial charge in [0.25, 0.3) is 0 Å². The molecule has 4 aliphatic rings. The third-order valence-electron chi connectivity index (χ3n) is 5.78. The first-order valence-electron chi connectivity index (χ1n) is 9.05. The molecule has 4 nitrogen and oxygen atoms in total. The molecule has 0 amide bonds. The fourth-order valence-electron chi connectivity index (χ4n) is 4.18. The molecule has 0 N–H and O–H groups in total. The van der Waals surface area contributed by atoms with Crippen molar-refractivity contribution < 1.29 is 9.47 Å². The van der Waals surface area contributed by atoms with Crippen molar-refractivity contribution in [3.8, 4) is 0 Å². The predicted molar refractivity (Wildman–Crippen MR) is 82.4 cm³/mol. The first kappa shape index (κ1) is 14.4. The van der Waals surface area contributed by atoms with E-state index in [9.17, 15) is 0 Å². The molecule has 2 saturated heterocycles. The van der Waals surface area contributed by atoms with Gasteiger partial charge in [0, 0.05) is 25.2 Å². The molecule has 0 bridgehead atoms. The lowest BCUT2D eigenvalue weighted by atomic mass is 10.1. The van der Waals surface area contributed by atoms with Gasteiger partial charge in [0.15, 0.2) is 0 Å². The van der Waals surface area contributed by atoms with Crippen LogP contribution in [0.1, 0.15) is 32.1 Å². The van der Waals surface area contributed by atoms with E-state index in [2.05, 4.69) is 9.80 Å². The van der Waals surface area contributed by atoms with Gasteiger partial charge in [-0.25, -0.2) is 0 Å². The largest absolute Gasteiger partial charge is 0.378 e. The van der Waals surface area contributed by atoms with Crippen LogP contribution in [0.5, 0.6) is 0 Å². The van der Waals surface area contributed by atoms with Crippen LogP contribution in [0.15, 0.2) is 0 Å². The van der Waals surface area contributed by atoms with Gasteiger partial charge in [0.1, 0.15) is 0 Å². The quantitative estimate of drug-likeness (QED) is 0.743. The molecule has 2 aliphatic carbocycles. The van der Waals surface area contributed by atoms with E-state index >= 15 is 0 Å². The molecule has 0 aromatic rings. The molecule has 4 heteroatoms. The van der Waals surface area contributed by atoms with Crippen molar-refractivity contribution in [3.05, 3.63) is 0 Å². The summed E-state index contributed by atoms with van der Waals surface area (Å²) in [5.74, 6) is 1.88. The molecule has 2 heterocycles. The minimum atomic E-state index is 0.725. The highest BCUT2D eigenvalue weighted by Gasteiger charge is 2.38. The fraction of sp³-hybridized carbons (Fsp3) is 1.00. The Labute approximate surface area is 128 Å². The monoisotopic (exact) mass is 294 g/mol. The second-order valence-corrected chi connectivity index (χ2v) is 7.38. The molecule has 0 radical (unpaired) electrons. The molecule has 4 rings (SSSR count). The Bertz CT molecular complexity index is 312. The highest BCUT2D eigenvalue weighted by molar-refractivity contribution is 4.91. The Morgan fingerprint density at radius 3 is 1.62 bits per heavy atom. The third kappa shape index (κ3) is 3.61. The Balaban J connectivity index is 1.24. The molecule has 21 heavy (non-hydrogen) atoms. The maximum Gasteiger partial charge on any atom is 0.0625 e. The van der Waals surface area contributed by atoms with Gasteiger partial charge in [-0.2, -0.15) is 0 Å². The van der Waals surface area contributed by atoms with Crippen LogP contribution >= 0.6 is 0 Å². The number of morpholine rings is 2. The van der Waals surface area contributed by atoms with Crippen molar-refractivity contribution in [2.24, 2.45) is 11.8 Å². The Kier molecular flexibility index (Phi) is 4.49. The van der Waals surface area contributed by atoms with Crippen molar-refractivity contribution in [1.29, 1.82) is 0 Å². The van der Waals surface area contributed by atoms with E-state index in [1.54, 1.807) is 0 Å². The summed E-state index contributed by atoms with van der Waals surface area (Å²) in [6, 6.07) is 1.45. The zero-order chi connectivity index (χ0) is 14.1. The minimum Gasteiger partial charge on any atom is -0.378 e. The first-order chi connectivity index (χ1) is 10.4. The van der Waals surface area contributed by atoms with Crippen LogP contribution in [0.2, 0.25) is 0 Å². The molecule has 2 saturated carbocycles. The lowest BCUT2D eigenvalue weighted by Gasteiger charge is -2.38. The van der Waals surface area contributed by atoms with Crippen molar-refractivity contribution in [2.75, 3.05) is 52.6 Å². The molecule has 2 aliphatic heterocycles. The van der Waals surface area contributed by atoms with Crippen LogP contribution in [-0.4, -0.2) is 74.5 Å². The summed E-state index contributed by atoms with van der Waals surface area (Å²) in [5.41, 5.74) is 0. The van der Waals surface area contributed by atoms with Gasteiger partial charge >= 0.3 is 0 Å². The second-order valence-electron chi connectivity index (χ2n) is 7.38. The maximum atomic E-state index is 5.70. The Morgan fingerprint density at radius 1 is 0.714 bits per heavy atom. The number of nitrogens with zero attached hydrogens (tertiary/aromatic N) is 2. The molecule has 0 aromatic carbocycles. The average molecular weight is 294 g/mol. The topological polar surface area (TPSA) is 24.9 Å². The Hall–Kier alpha value is -0.160. The van der Waals surface area contributed by atoms with Gasteiger partial charge in [-0.05, 0) is 57.0 Å². The summed E-state index contributed by atoms with van der Waals surface area (Å²) >= 11 is 0. The molecule has 120 valence electrons. The smallest absolute Gasteiger partial charge is 0.0625 e. The summed E-state index contributed by atoms with van der Waals surface area (Å²) in [7, 11) is 0. The molecule has 4 fully saturated rings. The van der Waals surface area contributed by atoms with Crippen molar-refractivity contribution in [3.63, 3.8) is 0 Å². The molecular formula is C17H30N2O2. The molecule has 0 spiro atoms. The van der Waals surface area contributed by atoms with E-state index in [0.29, 0.717) is 0 Å². The van der Waals surface area contributed by atoms with Crippen LogP contribution in [-0.2, 0) is 9.47 Å². The number of hydrogen-bond acceptors (Lipinski definition) is 4. The van der Waals surface area contributed by atoms with E-state index in [1.165, 1.54) is 45.2 Å². The average Bonchev–Trinajstić information content (AvgIpc) is 3.41. The lowest BCUT2D eigenvalue weighted by Crippen LogP contribution is -2.49. The van der Waals surface area contributed by atoms with E-state index < -0.39 is 0 Å². The van der Waals surface area contributed by atoms with Crippen LogP contribution in [0, 0.1) is 11.8 Å². The molecule has 2 atom stereocenters. The van der Waals surface area contributed by atoms with E-state index in [1.807, 2.05) is 0 Å². The summed E-state index contributed by atoms with van der Waals surface area (Å²) < 4.78 is 11.4. The first-order valence-corrected chi connectivity index (χ1v) is 9.05. The van der Waals surface area contributed by atoms with Crippen molar-refractivity contribution in [1.82, 2.24) is 9.80 Å². The van der Waals surface area contributed by atoms with Crippen LogP contribution in [0.4, 0.5) is 0 Å². The van der Waals surface area contributed by atoms with Gasteiger partial charge in [-0.3, -0.25) is 9.80 Å². The SMILES string of the molecule is C(CN1CCOC[C@H]1C1CC1)CN1CCOC[C@H]1C1CC1. The van der Waals surface area contributed by atoms with Crippen LogP contribution in [0.3, 0.4) is 0 Å². The summed E-state index contributed by atoms with van der Waals surface area (Å²) in [4.78, 5) is 5.43. The second kappa shape index (κ2) is 6.53. The predicted octanol–water partition coefficient (Wildman–Crippen LogP) is 1.60. The van der Waals surface area contributed by atoms with Gasteiger partial charge in [0.05, 0.1) is 26.4 Å². The standard InChI is InChI=1S/C17H30N2O2/c1(6-18-8-10-20-12-16(18)14-2-3-14)7-19-9-11-21-13-17(19)15-4-5-15/h14-17H,1-13H2/t16-,17-/m0/s1. The van der Waals surface area contributed by atoms with E-state index in [-0.39, 0.29) is 0 Å². The summed E-state index contributed by atoms with van der Waals surface area (Å²) in [6.45, 7) is 8.65. The van der Waals surface area contributed by atoms with Gasteiger partial charge in [-0.1, -0.05) is 0 Å². The molecule has 0 aromatic heterocycles. The highest BCUT2D eigenvalue weighted by Crippen LogP contribution is 2.37. The summed E-state index contributed by atoms with van der Waals surface area (Å²) in [5, 5.41) is 0. The maximum absolute atomic E-state index is 5.70. The number of rotatable bonds is 6. The number of ether oxygens (including phenoxy) is 2. The van der Waals surface area contributed by atoms with Gasteiger partial charge in [0.2, 0.25) is 0 Å². The third-order valence-corrected chi connectivity index (χ3v) is 5.78. The lowest BCUT2D eigenvalue weighted by molar-refractivity contribution is -0.0289. The number of hydrogen-bond donors (Lipinski definition) is 0. The zero-order valence-corrected chi connectivity index (χ0v) is 13.2. The Morgan fingerprint density at radius 2 is 1.19 bits per heavy atom. The van der Waals surface area contributed by atoms with Gasteiger partial charge < -0.3 is 9.47 Å². The molecular weight excluding hydrogens is 264 g/mol.